The Morgan fingerprint density at radius 3 is 2.55 bits per heavy atom. The summed E-state index contributed by atoms with van der Waals surface area (Å²) in [6, 6.07) is 4.03. The average Bonchev–Trinajstić information content (AvgIpc) is 2.41. The molecule has 0 saturated heterocycles. The Hall–Kier alpha value is -2.11. The largest absolute Gasteiger partial charge is 0.478 e. The van der Waals surface area contributed by atoms with Crippen molar-refractivity contribution in [2.75, 3.05) is 5.32 Å². The second-order valence-corrected chi connectivity index (χ2v) is 5.40. The molecule has 0 spiro atoms. The number of rotatable bonds is 4. The number of aromatic carboxylic acids is 1. The first-order valence-electron chi connectivity index (χ1n) is 6.75. The van der Waals surface area contributed by atoms with Crippen LogP contribution in [0.2, 0.25) is 0 Å². The Morgan fingerprint density at radius 1 is 1.35 bits per heavy atom. The molecule has 108 valence electrons. The Bertz CT molecular complexity index is 522. The normalized spacial score (nSPS) is 22.2. The van der Waals surface area contributed by atoms with Gasteiger partial charge in [-0.15, -0.1) is 0 Å². The molecule has 0 amide bonds. The van der Waals surface area contributed by atoms with Crippen molar-refractivity contribution in [3.05, 3.63) is 33.9 Å². The first-order valence-corrected chi connectivity index (χ1v) is 6.75. The second-order valence-electron chi connectivity index (χ2n) is 5.40. The van der Waals surface area contributed by atoms with Crippen LogP contribution in [-0.2, 0) is 0 Å². The summed E-state index contributed by atoms with van der Waals surface area (Å²) in [6.07, 6.45) is 4.08. The predicted octanol–water partition coefficient (Wildman–Crippen LogP) is 3.28. The molecule has 0 aliphatic heterocycles. The standard InChI is InChI=1S/C14H18N2O4/c1-9-2-5-11(6-3-9)15-12-8-10(14(17)18)4-7-13(12)16(19)20/h4,7-9,11,15H,2-3,5-6H2,1H3,(H,17,18). The Balaban J connectivity index is 2.21. The van der Waals surface area contributed by atoms with Crippen molar-refractivity contribution >= 4 is 17.3 Å². The number of anilines is 1. The van der Waals surface area contributed by atoms with E-state index in [2.05, 4.69) is 12.2 Å². The van der Waals surface area contributed by atoms with E-state index in [1.54, 1.807) is 0 Å². The monoisotopic (exact) mass is 278 g/mol. The van der Waals surface area contributed by atoms with Crippen LogP contribution >= 0.6 is 0 Å². The zero-order valence-corrected chi connectivity index (χ0v) is 11.3. The van der Waals surface area contributed by atoms with Crippen LogP contribution in [0.25, 0.3) is 0 Å². The summed E-state index contributed by atoms with van der Waals surface area (Å²) in [5.74, 6) is -0.395. The number of hydrogen-bond donors (Lipinski definition) is 2. The third kappa shape index (κ3) is 3.26. The molecule has 6 heteroatoms. The quantitative estimate of drug-likeness (QED) is 0.651. The first-order chi connectivity index (χ1) is 9.47. The fraction of sp³-hybridized carbons (Fsp3) is 0.500. The lowest BCUT2D eigenvalue weighted by Gasteiger charge is -2.27. The van der Waals surface area contributed by atoms with Crippen molar-refractivity contribution in [2.45, 2.75) is 38.6 Å². The van der Waals surface area contributed by atoms with Crippen molar-refractivity contribution in [3.8, 4) is 0 Å². The molecule has 1 aliphatic carbocycles. The maximum absolute atomic E-state index is 11.0. The van der Waals surface area contributed by atoms with Gasteiger partial charge in [-0.05, 0) is 43.7 Å². The van der Waals surface area contributed by atoms with Gasteiger partial charge in [-0.2, -0.15) is 0 Å². The summed E-state index contributed by atoms with van der Waals surface area (Å²) >= 11 is 0. The molecule has 1 fully saturated rings. The van der Waals surface area contributed by atoms with Gasteiger partial charge in [0.1, 0.15) is 5.69 Å². The highest BCUT2D eigenvalue weighted by Crippen LogP contribution is 2.30. The lowest BCUT2D eigenvalue weighted by molar-refractivity contribution is -0.384. The zero-order valence-electron chi connectivity index (χ0n) is 11.3. The Kier molecular flexibility index (Phi) is 4.22. The third-order valence-electron chi connectivity index (χ3n) is 3.82. The number of benzene rings is 1. The average molecular weight is 278 g/mol. The summed E-state index contributed by atoms with van der Waals surface area (Å²) in [4.78, 5) is 21.5. The Labute approximate surface area is 117 Å². The molecule has 1 saturated carbocycles. The number of nitrogens with zero attached hydrogens (tertiary/aromatic N) is 1. The molecule has 0 unspecified atom stereocenters. The van der Waals surface area contributed by atoms with Crippen molar-refractivity contribution in [2.24, 2.45) is 5.92 Å². The summed E-state index contributed by atoms with van der Waals surface area (Å²) in [5.41, 5.74) is 0.283. The van der Waals surface area contributed by atoms with Crippen LogP contribution in [-0.4, -0.2) is 22.0 Å². The minimum Gasteiger partial charge on any atom is -0.478 e. The number of nitro benzene ring substituents is 1. The van der Waals surface area contributed by atoms with Gasteiger partial charge in [-0.25, -0.2) is 4.79 Å². The van der Waals surface area contributed by atoms with E-state index in [1.807, 2.05) is 0 Å². The molecule has 0 atom stereocenters. The number of nitro groups is 1. The molecule has 2 N–H and O–H groups in total. The molecule has 0 heterocycles. The van der Waals surface area contributed by atoms with Crippen molar-refractivity contribution < 1.29 is 14.8 Å². The fourth-order valence-corrected chi connectivity index (χ4v) is 2.57. The molecule has 6 nitrogen and oxygen atoms in total. The molecule has 2 rings (SSSR count). The molecular weight excluding hydrogens is 260 g/mol. The van der Waals surface area contributed by atoms with E-state index < -0.39 is 10.9 Å². The molecule has 1 aromatic rings. The van der Waals surface area contributed by atoms with E-state index >= 15 is 0 Å². The lowest BCUT2D eigenvalue weighted by Crippen LogP contribution is -2.25. The highest BCUT2D eigenvalue weighted by Gasteiger charge is 2.22. The minimum atomic E-state index is -1.08. The maximum atomic E-state index is 11.0. The molecule has 0 radical (unpaired) electrons. The first kappa shape index (κ1) is 14.3. The van der Waals surface area contributed by atoms with Gasteiger partial charge in [0.05, 0.1) is 10.5 Å². The molecule has 20 heavy (non-hydrogen) atoms. The van der Waals surface area contributed by atoms with Gasteiger partial charge < -0.3 is 10.4 Å². The molecule has 0 aromatic heterocycles. The number of carboxylic acids is 1. The van der Waals surface area contributed by atoms with E-state index in [0.29, 0.717) is 11.6 Å². The SMILES string of the molecule is CC1CCC(Nc2cc(C(=O)O)ccc2[N+](=O)[O-])CC1. The Morgan fingerprint density at radius 2 is 2.00 bits per heavy atom. The summed E-state index contributed by atoms with van der Waals surface area (Å²) in [5, 5.41) is 23.1. The number of nitrogens with one attached hydrogen (secondary N) is 1. The summed E-state index contributed by atoms with van der Waals surface area (Å²) in [7, 11) is 0. The smallest absolute Gasteiger partial charge is 0.335 e. The van der Waals surface area contributed by atoms with E-state index in [-0.39, 0.29) is 17.3 Å². The number of carboxylic acid groups (broad SMARTS) is 1. The zero-order chi connectivity index (χ0) is 14.7. The summed E-state index contributed by atoms with van der Waals surface area (Å²) < 4.78 is 0. The topological polar surface area (TPSA) is 92.5 Å². The van der Waals surface area contributed by atoms with Crippen molar-refractivity contribution in [1.82, 2.24) is 0 Å². The predicted molar refractivity (Wildman–Crippen MR) is 75.1 cm³/mol. The van der Waals surface area contributed by atoms with Crippen LogP contribution in [0, 0.1) is 16.0 Å². The molecular formula is C14H18N2O4. The van der Waals surface area contributed by atoms with Gasteiger partial charge >= 0.3 is 5.97 Å². The maximum Gasteiger partial charge on any atom is 0.335 e. The van der Waals surface area contributed by atoms with Crippen LogP contribution in [0.4, 0.5) is 11.4 Å². The number of hydrogen-bond acceptors (Lipinski definition) is 4. The van der Waals surface area contributed by atoms with Crippen LogP contribution < -0.4 is 5.32 Å². The van der Waals surface area contributed by atoms with E-state index in [4.69, 9.17) is 5.11 Å². The summed E-state index contributed by atoms with van der Waals surface area (Å²) in [6.45, 7) is 2.20. The van der Waals surface area contributed by atoms with Gasteiger partial charge in [0.15, 0.2) is 0 Å². The highest BCUT2D eigenvalue weighted by atomic mass is 16.6. The van der Waals surface area contributed by atoms with E-state index in [9.17, 15) is 14.9 Å². The second kappa shape index (κ2) is 5.90. The van der Waals surface area contributed by atoms with Crippen molar-refractivity contribution in [1.29, 1.82) is 0 Å². The fourth-order valence-electron chi connectivity index (χ4n) is 2.57. The van der Waals surface area contributed by atoms with Gasteiger partial charge in [0.25, 0.3) is 5.69 Å². The highest BCUT2D eigenvalue weighted by molar-refractivity contribution is 5.90. The van der Waals surface area contributed by atoms with E-state index in [1.165, 1.54) is 18.2 Å². The van der Waals surface area contributed by atoms with Crippen LogP contribution in [0.1, 0.15) is 43.0 Å². The molecule has 1 aliphatic rings. The molecule has 1 aromatic carbocycles. The van der Waals surface area contributed by atoms with Crippen LogP contribution in [0.15, 0.2) is 18.2 Å². The molecule has 0 bridgehead atoms. The minimum absolute atomic E-state index is 0.0577. The van der Waals surface area contributed by atoms with Crippen molar-refractivity contribution in [3.63, 3.8) is 0 Å². The van der Waals surface area contributed by atoms with Crippen LogP contribution in [0.3, 0.4) is 0 Å². The van der Waals surface area contributed by atoms with E-state index in [0.717, 1.165) is 25.7 Å². The van der Waals surface area contributed by atoms with Gasteiger partial charge in [-0.1, -0.05) is 6.92 Å². The van der Waals surface area contributed by atoms with Gasteiger partial charge in [-0.3, -0.25) is 10.1 Å². The van der Waals surface area contributed by atoms with Gasteiger partial charge in [0, 0.05) is 12.1 Å². The third-order valence-corrected chi connectivity index (χ3v) is 3.82. The number of carbonyl (C=O) groups is 1. The lowest BCUT2D eigenvalue weighted by atomic mass is 9.87. The van der Waals surface area contributed by atoms with Crippen LogP contribution in [0.5, 0.6) is 0 Å². The van der Waals surface area contributed by atoms with Gasteiger partial charge in [0.2, 0.25) is 0 Å².